The molecule has 0 unspecified atom stereocenters. The second kappa shape index (κ2) is 15.2. The van der Waals surface area contributed by atoms with Crippen LogP contribution in [0.1, 0.15) is 37.3 Å². The maximum Gasteiger partial charge on any atom is 0.307 e. The van der Waals surface area contributed by atoms with Crippen molar-refractivity contribution in [3.8, 4) is 0 Å². The van der Waals surface area contributed by atoms with Gasteiger partial charge in [-0.3, -0.25) is 14.5 Å². The van der Waals surface area contributed by atoms with Crippen LogP contribution in [0.4, 0.5) is 0 Å². The lowest BCUT2D eigenvalue weighted by Crippen LogP contribution is -2.34. The Kier molecular flexibility index (Phi) is 12.1. The maximum absolute atomic E-state index is 12.1. The van der Waals surface area contributed by atoms with E-state index in [9.17, 15) is 9.59 Å². The lowest BCUT2D eigenvalue weighted by Gasteiger charge is -2.25. The smallest absolute Gasteiger partial charge is 0.307 e. The number of hydrogen-bond donors (Lipinski definition) is 0. The molecule has 2 rings (SSSR count). The lowest BCUT2D eigenvalue weighted by atomic mass is 10.2. The zero-order chi connectivity index (χ0) is 23.0. The number of carbonyl (C=O) groups excluding carboxylic acids is 2. The van der Waals surface area contributed by atoms with Gasteiger partial charge in [0.25, 0.3) is 0 Å². The summed E-state index contributed by atoms with van der Waals surface area (Å²) in [5.74, 6) is -0.524. The van der Waals surface area contributed by atoms with Gasteiger partial charge in [0.1, 0.15) is 13.2 Å². The van der Waals surface area contributed by atoms with Crippen molar-refractivity contribution in [2.45, 2.75) is 39.3 Å². The van der Waals surface area contributed by atoms with Crippen LogP contribution in [-0.2, 0) is 32.2 Å². The topological polar surface area (TPSA) is 59.1 Å². The van der Waals surface area contributed by atoms with Crippen molar-refractivity contribution >= 4 is 11.9 Å². The molecule has 2 aromatic rings. The molecule has 0 aliphatic rings. The summed E-state index contributed by atoms with van der Waals surface area (Å²) in [7, 11) is 2.11. The first-order chi connectivity index (χ1) is 15.6. The van der Waals surface area contributed by atoms with Gasteiger partial charge < -0.3 is 14.4 Å². The zero-order valence-electron chi connectivity index (χ0n) is 19.4. The molecule has 0 atom stereocenters. The number of esters is 2. The number of benzene rings is 2. The van der Waals surface area contributed by atoms with Crippen molar-refractivity contribution in [2.24, 2.45) is 0 Å². The minimum atomic E-state index is -0.271. The highest BCUT2D eigenvalue weighted by atomic mass is 16.6. The van der Waals surface area contributed by atoms with Crippen LogP contribution >= 0.6 is 0 Å². The Balaban J connectivity index is 1.77. The maximum atomic E-state index is 12.1. The Hall–Kier alpha value is -2.70. The predicted octanol–water partition coefficient (Wildman–Crippen LogP) is 3.90. The molecule has 2 aromatic carbocycles. The van der Waals surface area contributed by atoms with Crippen molar-refractivity contribution < 1.29 is 19.1 Å². The average molecular weight is 441 g/mol. The van der Waals surface area contributed by atoms with Crippen molar-refractivity contribution in [2.75, 3.05) is 39.9 Å². The second-order valence-corrected chi connectivity index (χ2v) is 7.93. The molecule has 0 fully saturated rings. The SMILES string of the molecule is CCCC(=O)OCCOC(=O)CCN(CCN(C)Cc1ccccc1)Cc1ccccc1. The number of rotatable bonds is 15. The third-order valence-corrected chi connectivity index (χ3v) is 5.04. The van der Waals surface area contributed by atoms with Gasteiger partial charge >= 0.3 is 11.9 Å². The van der Waals surface area contributed by atoms with E-state index in [0.717, 1.165) is 32.6 Å². The summed E-state index contributed by atoms with van der Waals surface area (Å²) < 4.78 is 10.2. The van der Waals surface area contributed by atoms with Crippen molar-refractivity contribution in [3.63, 3.8) is 0 Å². The van der Waals surface area contributed by atoms with Crippen molar-refractivity contribution in [3.05, 3.63) is 71.8 Å². The number of carbonyl (C=O) groups is 2. The Morgan fingerprint density at radius 2 is 1.25 bits per heavy atom. The van der Waals surface area contributed by atoms with Crippen LogP contribution < -0.4 is 0 Å². The first-order valence-electron chi connectivity index (χ1n) is 11.4. The fourth-order valence-corrected chi connectivity index (χ4v) is 3.31. The van der Waals surface area contributed by atoms with Gasteiger partial charge in [0, 0.05) is 39.1 Å². The van der Waals surface area contributed by atoms with Crippen molar-refractivity contribution in [1.82, 2.24) is 9.80 Å². The summed E-state index contributed by atoms with van der Waals surface area (Å²) in [4.78, 5) is 28.1. The lowest BCUT2D eigenvalue weighted by molar-refractivity contribution is -0.152. The number of nitrogens with zero attached hydrogens (tertiary/aromatic N) is 2. The Morgan fingerprint density at radius 1 is 0.719 bits per heavy atom. The highest BCUT2D eigenvalue weighted by Crippen LogP contribution is 2.07. The van der Waals surface area contributed by atoms with Crippen LogP contribution in [0.15, 0.2) is 60.7 Å². The summed E-state index contributed by atoms with van der Waals surface area (Å²) in [5, 5.41) is 0. The molecule has 0 amide bonds. The Bertz CT molecular complexity index is 783. The van der Waals surface area contributed by atoms with E-state index in [4.69, 9.17) is 9.47 Å². The van der Waals surface area contributed by atoms with Crippen LogP contribution in [0.2, 0.25) is 0 Å². The second-order valence-electron chi connectivity index (χ2n) is 7.93. The molecule has 6 heteroatoms. The van der Waals surface area contributed by atoms with Crippen molar-refractivity contribution in [1.29, 1.82) is 0 Å². The number of likely N-dealkylation sites (N-methyl/N-ethyl adjacent to an activating group) is 1. The fraction of sp³-hybridized carbons (Fsp3) is 0.462. The van der Waals surface area contributed by atoms with E-state index in [1.165, 1.54) is 11.1 Å². The van der Waals surface area contributed by atoms with Crippen LogP contribution in [-0.4, -0.2) is 61.6 Å². The van der Waals surface area contributed by atoms with Crippen LogP contribution in [0.25, 0.3) is 0 Å². The number of ether oxygens (including phenoxy) is 2. The van der Waals surface area contributed by atoms with E-state index in [1.807, 2.05) is 31.2 Å². The van der Waals surface area contributed by atoms with Crippen LogP contribution in [0, 0.1) is 0 Å². The monoisotopic (exact) mass is 440 g/mol. The minimum absolute atomic E-state index is 0.104. The van der Waals surface area contributed by atoms with Crippen LogP contribution in [0.3, 0.4) is 0 Å². The molecule has 32 heavy (non-hydrogen) atoms. The highest BCUT2D eigenvalue weighted by Gasteiger charge is 2.12. The molecule has 0 spiro atoms. The van der Waals surface area contributed by atoms with Gasteiger partial charge in [-0.2, -0.15) is 0 Å². The summed E-state index contributed by atoms with van der Waals surface area (Å²) in [6.45, 7) is 6.16. The van der Waals surface area contributed by atoms with Gasteiger partial charge in [0.05, 0.1) is 6.42 Å². The van der Waals surface area contributed by atoms with Crippen LogP contribution in [0.5, 0.6) is 0 Å². The van der Waals surface area contributed by atoms with E-state index in [2.05, 4.69) is 53.2 Å². The van der Waals surface area contributed by atoms with E-state index < -0.39 is 0 Å². The quantitative estimate of drug-likeness (QED) is 0.309. The van der Waals surface area contributed by atoms with Gasteiger partial charge in [-0.15, -0.1) is 0 Å². The summed E-state index contributed by atoms with van der Waals surface area (Å²) in [6, 6.07) is 20.7. The first kappa shape index (κ1) is 25.6. The summed E-state index contributed by atoms with van der Waals surface area (Å²) in [5.41, 5.74) is 2.50. The largest absolute Gasteiger partial charge is 0.462 e. The molecule has 0 saturated carbocycles. The zero-order valence-corrected chi connectivity index (χ0v) is 19.4. The molecular weight excluding hydrogens is 404 g/mol. The molecule has 0 saturated heterocycles. The van der Waals surface area contributed by atoms with E-state index in [0.29, 0.717) is 19.4 Å². The Labute approximate surface area is 192 Å². The average Bonchev–Trinajstić information content (AvgIpc) is 2.80. The molecule has 0 radical (unpaired) electrons. The molecule has 0 bridgehead atoms. The van der Waals surface area contributed by atoms with Gasteiger partial charge in [0.15, 0.2) is 0 Å². The van der Waals surface area contributed by atoms with E-state index in [1.54, 1.807) is 0 Å². The first-order valence-corrected chi connectivity index (χ1v) is 11.4. The van der Waals surface area contributed by atoms with Gasteiger partial charge in [-0.1, -0.05) is 67.6 Å². The highest BCUT2D eigenvalue weighted by molar-refractivity contribution is 5.70. The summed E-state index contributed by atoms with van der Waals surface area (Å²) in [6.07, 6.45) is 1.44. The minimum Gasteiger partial charge on any atom is -0.462 e. The third kappa shape index (κ3) is 11.1. The summed E-state index contributed by atoms with van der Waals surface area (Å²) >= 11 is 0. The number of hydrogen-bond acceptors (Lipinski definition) is 6. The molecule has 0 heterocycles. The molecule has 174 valence electrons. The van der Waals surface area contributed by atoms with E-state index in [-0.39, 0.29) is 25.2 Å². The molecule has 6 nitrogen and oxygen atoms in total. The molecule has 0 aliphatic heterocycles. The predicted molar refractivity (Wildman–Crippen MR) is 126 cm³/mol. The molecule has 0 aromatic heterocycles. The fourth-order valence-electron chi connectivity index (χ4n) is 3.31. The van der Waals surface area contributed by atoms with Gasteiger partial charge in [0.2, 0.25) is 0 Å². The Morgan fingerprint density at radius 3 is 1.81 bits per heavy atom. The molecule has 0 N–H and O–H groups in total. The standard InChI is InChI=1S/C26H36N2O4/c1-3-10-25(29)31-19-20-32-26(30)15-16-28(22-24-13-8-5-9-14-24)18-17-27(2)21-23-11-6-4-7-12-23/h4-9,11-14H,3,10,15-22H2,1-2H3. The van der Waals surface area contributed by atoms with Gasteiger partial charge in [-0.05, 0) is 24.6 Å². The normalized spacial score (nSPS) is 11.0. The molecular formula is C26H36N2O4. The third-order valence-electron chi connectivity index (χ3n) is 5.04. The molecule has 0 aliphatic carbocycles. The van der Waals surface area contributed by atoms with E-state index >= 15 is 0 Å². The van der Waals surface area contributed by atoms with Gasteiger partial charge in [-0.25, -0.2) is 0 Å².